The first-order chi connectivity index (χ1) is 36.0. The van der Waals surface area contributed by atoms with Gasteiger partial charge in [0.15, 0.2) is 6.10 Å². The molecule has 0 spiro atoms. The van der Waals surface area contributed by atoms with Crippen molar-refractivity contribution in [3.05, 3.63) is 12.2 Å². The highest BCUT2D eigenvalue weighted by molar-refractivity contribution is 5.71. The molecule has 0 aliphatic carbocycles. The van der Waals surface area contributed by atoms with Crippen LogP contribution in [0.4, 0.5) is 0 Å². The number of allylic oxidation sites excluding steroid dienone is 2. The predicted molar refractivity (Wildman–Crippen MR) is 317 cm³/mol. The Balaban J connectivity index is 4.29. The lowest BCUT2D eigenvalue weighted by molar-refractivity contribution is -0.167. The normalized spacial score (nSPS) is 12.0. The topological polar surface area (TPSA) is 78.9 Å². The van der Waals surface area contributed by atoms with Crippen LogP contribution in [0.5, 0.6) is 0 Å². The first-order valence-corrected chi connectivity index (χ1v) is 33.2. The van der Waals surface area contributed by atoms with E-state index in [2.05, 4.69) is 32.9 Å². The van der Waals surface area contributed by atoms with Gasteiger partial charge in [0, 0.05) is 19.3 Å². The van der Waals surface area contributed by atoms with Gasteiger partial charge in [-0.15, -0.1) is 0 Å². The van der Waals surface area contributed by atoms with Crippen LogP contribution in [0.1, 0.15) is 380 Å². The second-order valence-electron chi connectivity index (χ2n) is 22.7. The van der Waals surface area contributed by atoms with Crippen molar-refractivity contribution in [2.75, 3.05) is 13.2 Å². The van der Waals surface area contributed by atoms with Gasteiger partial charge in [-0.05, 0) is 44.9 Å². The molecule has 1 atom stereocenters. The van der Waals surface area contributed by atoms with Gasteiger partial charge in [-0.2, -0.15) is 0 Å². The lowest BCUT2D eigenvalue weighted by Crippen LogP contribution is -2.30. The van der Waals surface area contributed by atoms with Crippen LogP contribution in [0.2, 0.25) is 0 Å². The zero-order valence-electron chi connectivity index (χ0n) is 49.7. The van der Waals surface area contributed by atoms with Gasteiger partial charge >= 0.3 is 17.9 Å². The molecule has 6 heteroatoms. The standard InChI is InChI=1S/C67H128O6/c1-4-7-10-13-16-19-22-25-28-31-33-36-38-41-44-47-50-53-56-59-65(68)71-62-64(73-67(70)61-58-55-52-49-46-43-40-35-30-27-24-21-18-15-12-9-6-3)63-72-66(69)60-57-54-51-48-45-42-39-37-34-32-29-26-23-20-17-14-11-8-5-2/h25,28,64H,4-24,26-27,29-63H2,1-3H3/b28-25-/t64-/m1/s1. The Morgan fingerprint density at radius 2 is 0.452 bits per heavy atom. The largest absolute Gasteiger partial charge is 0.462 e. The highest BCUT2D eigenvalue weighted by Crippen LogP contribution is 2.18. The maximum absolute atomic E-state index is 12.9. The fourth-order valence-corrected chi connectivity index (χ4v) is 10.3. The molecule has 0 aromatic heterocycles. The van der Waals surface area contributed by atoms with Crippen LogP contribution in [0.25, 0.3) is 0 Å². The van der Waals surface area contributed by atoms with Crippen LogP contribution in [-0.2, 0) is 28.6 Å². The van der Waals surface area contributed by atoms with Crippen molar-refractivity contribution in [1.29, 1.82) is 0 Å². The van der Waals surface area contributed by atoms with E-state index in [-0.39, 0.29) is 31.1 Å². The predicted octanol–water partition coefficient (Wildman–Crippen LogP) is 22.4. The quantitative estimate of drug-likeness (QED) is 0.0261. The van der Waals surface area contributed by atoms with Crippen LogP contribution >= 0.6 is 0 Å². The van der Waals surface area contributed by atoms with Gasteiger partial charge in [0.1, 0.15) is 13.2 Å². The van der Waals surface area contributed by atoms with E-state index in [9.17, 15) is 14.4 Å². The zero-order valence-corrected chi connectivity index (χ0v) is 49.7. The Morgan fingerprint density at radius 1 is 0.260 bits per heavy atom. The molecule has 0 heterocycles. The molecule has 0 fully saturated rings. The summed E-state index contributed by atoms with van der Waals surface area (Å²) >= 11 is 0. The Morgan fingerprint density at radius 3 is 0.685 bits per heavy atom. The first kappa shape index (κ1) is 71.2. The van der Waals surface area contributed by atoms with Crippen molar-refractivity contribution in [3.8, 4) is 0 Å². The summed E-state index contributed by atoms with van der Waals surface area (Å²) in [5.41, 5.74) is 0. The summed E-state index contributed by atoms with van der Waals surface area (Å²) in [4.78, 5) is 38.4. The second-order valence-corrected chi connectivity index (χ2v) is 22.7. The molecule has 0 radical (unpaired) electrons. The first-order valence-electron chi connectivity index (χ1n) is 33.2. The summed E-state index contributed by atoms with van der Waals surface area (Å²) in [6, 6.07) is 0. The molecule has 0 aliphatic rings. The third-order valence-corrected chi connectivity index (χ3v) is 15.3. The monoisotopic (exact) mass is 1030 g/mol. The number of hydrogen-bond donors (Lipinski definition) is 0. The number of unbranched alkanes of at least 4 members (excludes halogenated alkanes) is 49. The van der Waals surface area contributed by atoms with Crippen LogP contribution in [0.15, 0.2) is 12.2 Å². The maximum Gasteiger partial charge on any atom is 0.306 e. The van der Waals surface area contributed by atoms with Crippen molar-refractivity contribution in [1.82, 2.24) is 0 Å². The van der Waals surface area contributed by atoms with Crippen LogP contribution in [0.3, 0.4) is 0 Å². The fourth-order valence-electron chi connectivity index (χ4n) is 10.3. The summed E-state index contributed by atoms with van der Waals surface area (Å²) in [6.07, 6.45) is 73.6. The van der Waals surface area contributed by atoms with E-state index in [0.717, 1.165) is 57.8 Å². The molecule has 0 amide bonds. The van der Waals surface area contributed by atoms with Crippen LogP contribution in [0, 0.1) is 0 Å². The summed E-state index contributed by atoms with van der Waals surface area (Å²) in [6.45, 7) is 6.72. The Hall–Kier alpha value is -1.85. The SMILES string of the molecule is CCCCCCCC/C=C\CCCCCCCCCCCC(=O)OC[C@H](COC(=O)CCCCCCCCCCCCCCCCCCCCC)OC(=O)CCCCCCCCCCCCCCCCCCC. The summed E-state index contributed by atoms with van der Waals surface area (Å²) in [5, 5.41) is 0. The molecule has 0 saturated heterocycles. The van der Waals surface area contributed by atoms with E-state index in [0.29, 0.717) is 19.3 Å². The molecule has 432 valence electrons. The molecule has 0 rings (SSSR count). The number of carbonyl (C=O) groups is 3. The Kier molecular flexibility index (Phi) is 61.1. The van der Waals surface area contributed by atoms with Gasteiger partial charge in [-0.1, -0.05) is 328 Å². The van der Waals surface area contributed by atoms with Crippen molar-refractivity contribution in [2.45, 2.75) is 386 Å². The molecule has 0 aromatic rings. The summed E-state index contributed by atoms with van der Waals surface area (Å²) in [7, 11) is 0. The van der Waals surface area contributed by atoms with E-state index in [1.54, 1.807) is 0 Å². The lowest BCUT2D eigenvalue weighted by Gasteiger charge is -2.18. The Labute approximate surface area is 456 Å². The van der Waals surface area contributed by atoms with Gasteiger partial charge in [-0.25, -0.2) is 0 Å². The molecule has 0 saturated carbocycles. The van der Waals surface area contributed by atoms with Gasteiger partial charge in [0.05, 0.1) is 0 Å². The minimum absolute atomic E-state index is 0.0635. The highest BCUT2D eigenvalue weighted by Gasteiger charge is 2.19. The zero-order chi connectivity index (χ0) is 52.9. The fraction of sp³-hybridized carbons (Fsp3) is 0.925. The van der Waals surface area contributed by atoms with Crippen LogP contribution in [-0.4, -0.2) is 37.2 Å². The smallest absolute Gasteiger partial charge is 0.306 e. The van der Waals surface area contributed by atoms with E-state index >= 15 is 0 Å². The number of carbonyl (C=O) groups excluding carboxylic acids is 3. The van der Waals surface area contributed by atoms with Gasteiger partial charge in [0.2, 0.25) is 0 Å². The molecular weight excluding hydrogens is 901 g/mol. The summed E-state index contributed by atoms with van der Waals surface area (Å²) < 4.78 is 17.0. The van der Waals surface area contributed by atoms with Crippen molar-refractivity contribution in [3.63, 3.8) is 0 Å². The number of rotatable bonds is 62. The third kappa shape index (κ3) is 60.9. The number of hydrogen-bond acceptors (Lipinski definition) is 6. The number of esters is 3. The molecule has 6 nitrogen and oxygen atoms in total. The molecule has 0 aromatic carbocycles. The molecule has 0 unspecified atom stereocenters. The molecule has 0 aliphatic heterocycles. The van der Waals surface area contributed by atoms with E-state index < -0.39 is 6.10 Å². The minimum atomic E-state index is -0.766. The lowest BCUT2D eigenvalue weighted by atomic mass is 10.0. The molecule has 73 heavy (non-hydrogen) atoms. The third-order valence-electron chi connectivity index (χ3n) is 15.3. The average molecular weight is 1030 g/mol. The molecular formula is C67H128O6. The molecule has 0 N–H and O–H groups in total. The van der Waals surface area contributed by atoms with E-state index in [1.165, 1.54) is 283 Å². The van der Waals surface area contributed by atoms with Crippen molar-refractivity contribution >= 4 is 17.9 Å². The van der Waals surface area contributed by atoms with Crippen molar-refractivity contribution < 1.29 is 28.6 Å². The molecule has 0 bridgehead atoms. The Bertz CT molecular complexity index is 1130. The highest BCUT2D eigenvalue weighted by atomic mass is 16.6. The van der Waals surface area contributed by atoms with Gasteiger partial charge in [-0.3, -0.25) is 14.4 Å². The number of ether oxygens (including phenoxy) is 3. The van der Waals surface area contributed by atoms with Crippen LogP contribution < -0.4 is 0 Å². The summed E-state index contributed by atoms with van der Waals surface area (Å²) in [5.74, 6) is -0.832. The van der Waals surface area contributed by atoms with Crippen molar-refractivity contribution in [2.24, 2.45) is 0 Å². The second kappa shape index (κ2) is 62.7. The van der Waals surface area contributed by atoms with E-state index in [4.69, 9.17) is 14.2 Å². The van der Waals surface area contributed by atoms with Gasteiger partial charge in [0.25, 0.3) is 0 Å². The average Bonchev–Trinajstić information content (AvgIpc) is 3.39. The minimum Gasteiger partial charge on any atom is -0.462 e. The van der Waals surface area contributed by atoms with E-state index in [1.807, 2.05) is 0 Å². The van der Waals surface area contributed by atoms with Gasteiger partial charge < -0.3 is 14.2 Å². The maximum atomic E-state index is 12.9.